The summed E-state index contributed by atoms with van der Waals surface area (Å²) in [4.78, 5) is 44.9. The number of rotatable bonds is 2. The van der Waals surface area contributed by atoms with Gasteiger partial charge in [0.1, 0.15) is 12.6 Å². The number of cyclic esters (lactones) is 2. The summed E-state index contributed by atoms with van der Waals surface area (Å²) in [5.74, 6) is -1.21. The van der Waals surface area contributed by atoms with Crippen LogP contribution < -0.4 is 0 Å². The number of esters is 2. The second kappa shape index (κ2) is 6.88. The summed E-state index contributed by atoms with van der Waals surface area (Å²) in [6, 6.07) is 0. The van der Waals surface area contributed by atoms with Crippen LogP contribution in [0.25, 0.3) is 0 Å². The van der Waals surface area contributed by atoms with Gasteiger partial charge in [-0.15, -0.1) is 0 Å². The van der Waals surface area contributed by atoms with Crippen molar-refractivity contribution in [1.29, 1.82) is 0 Å². The van der Waals surface area contributed by atoms with Crippen LogP contribution in [-0.4, -0.2) is 37.7 Å². The third kappa shape index (κ3) is 3.65. The van der Waals surface area contributed by atoms with Gasteiger partial charge in [0.2, 0.25) is 0 Å². The van der Waals surface area contributed by atoms with Crippen LogP contribution in [0.2, 0.25) is 0 Å². The molecule has 1 aliphatic heterocycles. The Labute approximate surface area is 105 Å². The van der Waals surface area contributed by atoms with Crippen LogP contribution in [0.5, 0.6) is 0 Å². The lowest BCUT2D eigenvalue weighted by Gasteiger charge is -2.20. The quantitative estimate of drug-likeness (QED) is 0.404. The molecule has 1 saturated heterocycles. The predicted molar refractivity (Wildman–Crippen MR) is 59.6 cm³/mol. The van der Waals surface area contributed by atoms with Crippen molar-refractivity contribution in [2.45, 2.75) is 32.1 Å². The molecule has 1 aliphatic rings. The highest BCUT2D eigenvalue weighted by molar-refractivity contribution is 6.08. The molecule has 0 radical (unpaired) electrons. The van der Waals surface area contributed by atoms with Crippen molar-refractivity contribution < 1.29 is 28.7 Å². The first-order valence-electron chi connectivity index (χ1n) is 5.90. The molecule has 0 N–H and O–H groups in total. The van der Waals surface area contributed by atoms with E-state index in [0.29, 0.717) is 32.0 Å². The molecule has 1 fully saturated rings. The molecule has 0 aromatic heterocycles. The highest BCUT2D eigenvalue weighted by atomic mass is 16.5. The summed E-state index contributed by atoms with van der Waals surface area (Å²) in [5, 5.41) is 0. The summed E-state index contributed by atoms with van der Waals surface area (Å²) in [5.41, 5.74) is -1.78. The van der Waals surface area contributed by atoms with Crippen LogP contribution >= 0.6 is 0 Å². The smallest absolute Gasteiger partial charge is 0.326 e. The molecule has 0 unspecified atom stereocenters. The normalized spacial score (nSPS) is 21.8. The topological polar surface area (TPSA) is 86.7 Å². The minimum atomic E-state index is -1.78. The Morgan fingerprint density at radius 1 is 0.944 bits per heavy atom. The van der Waals surface area contributed by atoms with Gasteiger partial charge in [-0.05, 0) is 25.7 Å². The van der Waals surface area contributed by atoms with Crippen LogP contribution in [0.4, 0.5) is 0 Å². The van der Waals surface area contributed by atoms with Crippen molar-refractivity contribution in [2.24, 2.45) is 5.41 Å². The second-order valence-electron chi connectivity index (χ2n) is 4.19. The van der Waals surface area contributed by atoms with E-state index in [2.05, 4.69) is 0 Å². The Bertz CT molecular complexity index is 327. The molecule has 0 bridgehead atoms. The van der Waals surface area contributed by atoms with E-state index < -0.39 is 11.4 Å². The maximum atomic E-state index is 11.7. The lowest BCUT2D eigenvalue weighted by molar-refractivity contribution is -0.160. The average molecular weight is 256 g/mol. The summed E-state index contributed by atoms with van der Waals surface area (Å²) in [7, 11) is 0. The second-order valence-corrected chi connectivity index (χ2v) is 4.19. The van der Waals surface area contributed by atoms with Crippen LogP contribution in [0.3, 0.4) is 0 Å². The fourth-order valence-electron chi connectivity index (χ4n) is 1.63. The summed E-state index contributed by atoms with van der Waals surface area (Å²) in [6.45, 7) is 0.405. The highest BCUT2D eigenvalue weighted by Crippen LogP contribution is 2.22. The molecule has 0 aromatic carbocycles. The zero-order valence-electron chi connectivity index (χ0n) is 10.1. The van der Waals surface area contributed by atoms with E-state index in [1.807, 2.05) is 0 Å². The van der Waals surface area contributed by atoms with Gasteiger partial charge in [0.05, 0.1) is 13.2 Å². The van der Waals surface area contributed by atoms with Gasteiger partial charge in [-0.1, -0.05) is 0 Å². The Balaban J connectivity index is 2.74. The molecule has 0 spiro atoms. The SMILES string of the molecule is O=CC1(C=O)CCCC(=O)OCCCCOC1=O. The van der Waals surface area contributed by atoms with Crippen LogP contribution in [0.15, 0.2) is 0 Å². The largest absolute Gasteiger partial charge is 0.466 e. The highest BCUT2D eigenvalue weighted by Gasteiger charge is 2.39. The molecule has 0 amide bonds. The third-order valence-corrected chi connectivity index (χ3v) is 2.81. The minimum Gasteiger partial charge on any atom is -0.466 e. The number of ether oxygens (including phenoxy) is 2. The first kappa shape index (κ1) is 14.3. The Hall–Kier alpha value is -1.72. The molecule has 0 aromatic rings. The molecule has 1 heterocycles. The van der Waals surface area contributed by atoms with Crippen LogP contribution in [0, 0.1) is 5.41 Å². The maximum absolute atomic E-state index is 11.7. The van der Waals surface area contributed by atoms with Crippen molar-refractivity contribution in [1.82, 2.24) is 0 Å². The zero-order valence-corrected chi connectivity index (χ0v) is 10.1. The minimum absolute atomic E-state index is 0.0338. The van der Waals surface area contributed by atoms with Gasteiger partial charge in [-0.2, -0.15) is 0 Å². The molecule has 6 heteroatoms. The third-order valence-electron chi connectivity index (χ3n) is 2.81. The summed E-state index contributed by atoms with van der Waals surface area (Å²) >= 11 is 0. The molecule has 18 heavy (non-hydrogen) atoms. The van der Waals surface area contributed by atoms with E-state index in [1.54, 1.807) is 0 Å². The lowest BCUT2D eigenvalue weighted by Crippen LogP contribution is -2.37. The first-order chi connectivity index (χ1) is 8.64. The van der Waals surface area contributed by atoms with Gasteiger partial charge in [0, 0.05) is 6.42 Å². The molecule has 0 aliphatic carbocycles. The number of carbonyl (C=O) groups is 4. The Kier molecular flexibility index (Phi) is 5.48. The zero-order chi connectivity index (χ0) is 13.4. The first-order valence-corrected chi connectivity index (χ1v) is 5.90. The van der Waals surface area contributed by atoms with E-state index in [1.165, 1.54) is 0 Å². The predicted octanol–water partition coefficient (Wildman–Crippen LogP) is 0.421. The van der Waals surface area contributed by atoms with Gasteiger partial charge >= 0.3 is 11.9 Å². The Morgan fingerprint density at radius 3 is 2.17 bits per heavy atom. The van der Waals surface area contributed by atoms with Crippen molar-refractivity contribution in [2.75, 3.05) is 13.2 Å². The number of hydrogen-bond acceptors (Lipinski definition) is 6. The van der Waals surface area contributed by atoms with Crippen molar-refractivity contribution in [3.05, 3.63) is 0 Å². The van der Waals surface area contributed by atoms with Crippen molar-refractivity contribution in [3.8, 4) is 0 Å². The summed E-state index contributed by atoms with van der Waals surface area (Å²) in [6.07, 6.45) is 1.95. The monoisotopic (exact) mass is 256 g/mol. The lowest BCUT2D eigenvalue weighted by atomic mass is 9.86. The van der Waals surface area contributed by atoms with Gasteiger partial charge < -0.3 is 19.1 Å². The van der Waals surface area contributed by atoms with E-state index in [-0.39, 0.29) is 31.8 Å². The standard InChI is InChI=1S/C12H16O6/c13-8-12(9-14)5-3-4-10(15)17-6-1-2-7-18-11(12)16/h8-9H,1-7H2. The van der Waals surface area contributed by atoms with Crippen LogP contribution in [-0.2, 0) is 28.7 Å². The number of aldehydes is 2. The van der Waals surface area contributed by atoms with Gasteiger partial charge in [0.15, 0.2) is 5.41 Å². The van der Waals surface area contributed by atoms with E-state index in [9.17, 15) is 19.2 Å². The maximum Gasteiger partial charge on any atom is 0.326 e. The average Bonchev–Trinajstić information content (AvgIpc) is 2.37. The molecule has 0 atom stereocenters. The van der Waals surface area contributed by atoms with Gasteiger partial charge in [0.25, 0.3) is 0 Å². The molecular formula is C12H16O6. The summed E-state index contributed by atoms with van der Waals surface area (Å²) < 4.78 is 9.82. The van der Waals surface area contributed by atoms with Crippen LogP contribution in [0.1, 0.15) is 32.1 Å². The molecule has 100 valence electrons. The van der Waals surface area contributed by atoms with Crippen molar-refractivity contribution in [3.63, 3.8) is 0 Å². The molecule has 6 nitrogen and oxygen atoms in total. The van der Waals surface area contributed by atoms with E-state index in [4.69, 9.17) is 9.47 Å². The molecular weight excluding hydrogens is 240 g/mol. The Morgan fingerprint density at radius 2 is 1.56 bits per heavy atom. The fourth-order valence-corrected chi connectivity index (χ4v) is 1.63. The number of hydrogen-bond donors (Lipinski definition) is 0. The number of carbonyl (C=O) groups excluding carboxylic acids is 4. The van der Waals surface area contributed by atoms with Gasteiger partial charge in [-0.3, -0.25) is 9.59 Å². The molecule has 0 saturated carbocycles. The van der Waals surface area contributed by atoms with Crippen molar-refractivity contribution >= 4 is 24.5 Å². The fraction of sp³-hybridized carbons (Fsp3) is 0.667. The van der Waals surface area contributed by atoms with E-state index in [0.717, 1.165) is 0 Å². The van der Waals surface area contributed by atoms with E-state index >= 15 is 0 Å². The molecule has 1 rings (SSSR count). The van der Waals surface area contributed by atoms with Gasteiger partial charge in [-0.25, -0.2) is 0 Å².